The lowest BCUT2D eigenvalue weighted by Gasteiger charge is -2.05. The minimum atomic E-state index is -0.550. The summed E-state index contributed by atoms with van der Waals surface area (Å²) >= 11 is 5.75. The molecular formula is C11H8ClF2N. The molecule has 4 heteroatoms. The monoisotopic (exact) mass is 227 g/mol. The zero-order valence-electron chi connectivity index (χ0n) is 8.24. The molecule has 78 valence electrons. The SMILES string of the molecule is Cc1cc2c(F)c(C)cc(F)c2nc1Cl. The van der Waals surface area contributed by atoms with Crippen LogP contribution < -0.4 is 0 Å². The van der Waals surface area contributed by atoms with Gasteiger partial charge in [-0.1, -0.05) is 11.6 Å². The first-order valence-electron chi connectivity index (χ1n) is 4.42. The van der Waals surface area contributed by atoms with E-state index in [1.807, 2.05) is 0 Å². The molecule has 1 aromatic carbocycles. The fourth-order valence-corrected chi connectivity index (χ4v) is 1.61. The van der Waals surface area contributed by atoms with E-state index in [-0.39, 0.29) is 21.6 Å². The van der Waals surface area contributed by atoms with Crippen molar-refractivity contribution < 1.29 is 8.78 Å². The Kier molecular flexibility index (Phi) is 2.35. The Morgan fingerprint density at radius 2 is 1.80 bits per heavy atom. The molecule has 1 aromatic heterocycles. The fraction of sp³-hybridized carbons (Fsp3) is 0.182. The van der Waals surface area contributed by atoms with Gasteiger partial charge in [-0.15, -0.1) is 0 Å². The van der Waals surface area contributed by atoms with Crippen LogP contribution in [0.25, 0.3) is 10.9 Å². The van der Waals surface area contributed by atoms with Crippen molar-refractivity contribution in [2.75, 3.05) is 0 Å². The van der Waals surface area contributed by atoms with Crippen molar-refractivity contribution in [1.29, 1.82) is 0 Å². The number of hydrogen-bond donors (Lipinski definition) is 0. The van der Waals surface area contributed by atoms with Gasteiger partial charge in [0.2, 0.25) is 0 Å². The Balaban J connectivity index is 2.97. The van der Waals surface area contributed by atoms with Crippen molar-refractivity contribution in [3.8, 4) is 0 Å². The number of fused-ring (bicyclic) bond motifs is 1. The highest BCUT2D eigenvalue weighted by molar-refractivity contribution is 6.30. The Morgan fingerprint density at radius 3 is 2.47 bits per heavy atom. The average Bonchev–Trinajstić information content (AvgIpc) is 2.18. The molecule has 0 saturated heterocycles. The van der Waals surface area contributed by atoms with Crippen molar-refractivity contribution in [3.63, 3.8) is 0 Å². The Bertz CT molecular complexity index is 552. The number of hydrogen-bond acceptors (Lipinski definition) is 1. The Labute approximate surface area is 90.7 Å². The van der Waals surface area contributed by atoms with Crippen LogP contribution in [0.2, 0.25) is 5.15 Å². The normalized spacial score (nSPS) is 11.0. The van der Waals surface area contributed by atoms with Gasteiger partial charge in [0.15, 0.2) is 0 Å². The van der Waals surface area contributed by atoms with Gasteiger partial charge in [-0.25, -0.2) is 13.8 Å². The summed E-state index contributed by atoms with van der Waals surface area (Å²) in [7, 11) is 0. The molecule has 0 aliphatic rings. The first kappa shape index (κ1) is 10.3. The highest BCUT2D eigenvalue weighted by Crippen LogP contribution is 2.26. The molecule has 0 aliphatic carbocycles. The summed E-state index contributed by atoms with van der Waals surface area (Å²) in [5.41, 5.74) is 0.880. The van der Waals surface area contributed by atoms with Crippen molar-refractivity contribution in [2.45, 2.75) is 13.8 Å². The van der Waals surface area contributed by atoms with Gasteiger partial charge in [-0.3, -0.25) is 0 Å². The fourth-order valence-electron chi connectivity index (χ4n) is 1.47. The highest BCUT2D eigenvalue weighted by Gasteiger charge is 2.12. The van der Waals surface area contributed by atoms with Gasteiger partial charge in [-0.2, -0.15) is 0 Å². The molecule has 0 amide bonds. The lowest BCUT2D eigenvalue weighted by molar-refractivity contribution is 0.607. The third-order valence-corrected chi connectivity index (χ3v) is 2.69. The molecule has 2 rings (SSSR count). The summed E-state index contributed by atoms with van der Waals surface area (Å²) in [5, 5.41) is 0.374. The van der Waals surface area contributed by atoms with E-state index in [4.69, 9.17) is 11.6 Å². The molecule has 2 aromatic rings. The number of nitrogens with zero attached hydrogens (tertiary/aromatic N) is 1. The van der Waals surface area contributed by atoms with Gasteiger partial charge >= 0.3 is 0 Å². The Morgan fingerprint density at radius 1 is 1.13 bits per heavy atom. The van der Waals surface area contributed by atoms with Crippen LogP contribution in [0.4, 0.5) is 8.78 Å². The zero-order chi connectivity index (χ0) is 11.2. The van der Waals surface area contributed by atoms with E-state index in [0.29, 0.717) is 5.56 Å². The third kappa shape index (κ3) is 1.57. The van der Waals surface area contributed by atoms with Crippen molar-refractivity contribution >= 4 is 22.5 Å². The maximum Gasteiger partial charge on any atom is 0.149 e. The molecule has 0 N–H and O–H groups in total. The summed E-state index contributed by atoms with van der Waals surface area (Å²) in [6.07, 6.45) is 0. The summed E-state index contributed by atoms with van der Waals surface area (Å²) in [4.78, 5) is 3.83. The highest BCUT2D eigenvalue weighted by atomic mass is 35.5. The van der Waals surface area contributed by atoms with Gasteiger partial charge < -0.3 is 0 Å². The number of benzene rings is 1. The van der Waals surface area contributed by atoms with E-state index in [0.717, 1.165) is 6.07 Å². The second-order valence-corrected chi connectivity index (χ2v) is 3.84. The Hall–Kier alpha value is -1.22. The molecule has 1 heterocycles. The van der Waals surface area contributed by atoms with Crippen LogP contribution >= 0.6 is 11.6 Å². The molecule has 0 radical (unpaired) electrons. The van der Waals surface area contributed by atoms with Gasteiger partial charge in [0.05, 0.1) is 0 Å². The quantitative estimate of drug-likeness (QED) is 0.624. The van der Waals surface area contributed by atoms with E-state index in [2.05, 4.69) is 4.98 Å². The summed E-state index contributed by atoms with van der Waals surface area (Å²) in [6.45, 7) is 3.22. The first-order chi connectivity index (χ1) is 7.00. The molecule has 0 spiro atoms. The van der Waals surface area contributed by atoms with E-state index < -0.39 is 11.6 Å². The molecule has 0 bridgehead atoms. The van der Waals surface area contributed by atoms with Gasteiger partial charge in [0.1, 0.15) is 22.3 Å². The van der Waals surface area contributed by atoms with Crippen LogP contribution in [0.1, 0.15) is 11.1 Å². The molecular weight excluding hydrogens is 220 g/mol. The maximum absolute atomic E-state index is 13.6. The largest absolute Gasteiger partial charge is 0.233 e. The number of aryl methyl sites for hydroxylation is 2. The molecule has 1 nitrogen and oxygen atoms in total. The van der Waals surface area contributed by atoms with Crippen LogP contribution in [-0.4, -0.2) is 4.98 Å². The van der Waals surface area contributed by atoms with Crippen molar-refractivity contribution in [1.82, 2.24) is 4.98 Å². The van der Waals surface area contributed by atoms with Crippen LogP contribution in [0.5, 0.6) is 0 Å². The summed E-state index contributed by atoms with van der Waals surface area (Å²) in [6, 6.07) is 2.63. The lowest BCUT2D eigenvalue weighted by atomic mass is 10.1. The van der Waals surface area contributed by atoms with E-state index >= 15 is 0 Å². The molecule has 0 saturated carbocycles. The molecule has 0 atom stereocenters. The predicted octanol–water partition coefficient (Wildman–Crippen LogP) is 3.78. The van der Waals surface area contributed by atoms with Gasteiger partial charge in [0.25, 0.3) is 0 Å². The summed E-state index contributed by atoms with van der Waals surface area (Å²) < 4.78 is 27.1. The first-order valence-corrected chi connectivity index (χ1v) is 4.80. The van der Waals surface area contributed by atoms with E-state index in [9.17, 15) is 8.78 Å². The zero-order valence-corrected chi connectivity index (χ0v) is 8.99. The third-order valence-electron chi connectivity index (χ3n) is 2.30. The lowest BCUT2D eigenvalue weighted by Crippen LogP contribution is -1.94. The molecule has 15 heavy (non-hydrogen) atoms. The maximum atomic E-state index is 13.6. The number of halogens is 3. The second-order valence-electron chi connectivity index (χ2n) is 3.48. The van der Waals surface area contributed by atoms with Crippen LogP contribution in [-0.2, 0) is 0 Å². The standard InChI is InChI=1S/C11H8ClF2N/c1-5-4-8(13)10-7(9(5)14)3-6(2)11(12)15-10/h3-4H,1-2H3. The van der Waals surface area contributed by atoms with Gasteiger partial charge in [0, 0.05) is 5.39 Å². The topological polar surface area (TPSA) is 12.9 Å². The molecule has 0 unspecified atom stereocenters. The minimum Gasteiger partial charge on any atom is -0.233 e. The second kappa shape index (κ2) is 3.42. The van der Waals surface area contributed by atoms with Crippen LogP contribution in [0.3, 0.4) is 0 Å². The minimum absolute atomic E-state index is 0.0197. The van der Waals surface area contributed by atoms with Crippen molar-refractivity contribution in [3.05, 3.63) is 40.0 Å². The van der Waals surface area contributed by atoms with Crippen molar-refractivity contribution in [2.24, 2.45) is 0 Å². The smallest absolute Gasteiger partial charge is 0.149 e. The van der Waals surface area contributed by atoms with Crippen LogP contribution in [0.15, 0.2) is 12.1 Å². The molecule has 0 aliphatic heterocycles. The van der Waals surface area contributed by atoms with Gasteiger partial charge in [-0.05, 0) is 37.1 Å². The average molecular weight is 228 g/mol. The molecule has 0 fully saturated rings. The number of aromatic nitrogens is 1. The van der Waals surface area contributed by atoms with E-state index in [1.165, 1.54) is 13.0 Å². The predicted molar refractivity (Wildman–Crippen MR) is 56.1 cm³/mol. The number of pyridine rings is 1. The van der Waals surface area contributed by atoms with Crippen LogP contribution in [0, 0.1) is 25.5 Å². The van der Waals surface area contributed by atoms with E-state index in [1.54, 1.807) is 6.92 Å². The summed E-state index contributed by atoms with van der Waals surface area (Å²) in [5.74, 6) is -0.996. The number of rotatable bonds is 0.